The van der Waals surface area contributed by atoms with Crippen molar-refractivity contribution >= 4 is 0 Å². The molecule has 1 nitrogen and oxygen atoms in total. The zero-order chi connectivity index (χ0) is 14.5. The molecule has 0 spiro atoms. The molecular weight excluding hydrogens is 365 g/mol. The van der Waals surface area contributed by atoms with E-state index < -0.39 is 0 Å². The van der Waals surface area contributed by atoms with Crippen LogP contribution < -0.4 is 24.8 Å². The number of aryl methyl sites for hydroxylation is 1. The number of nitrogens with zero attached hydrogens (tertiary/aromatic N) is 1. The summed E-state index contributed by atoms with van der Waals surface area (Å²) < 4.78 is 1.37. The van der Waals surface area contributed by atoms with Crippen molar-refractivity contribution in [3.05, 3.63) is 87.6 Å². The van der Waals surface area contributed by atoms with Crippen LogP contribution in [0.25, 0.3) is 0 Å². The molecule has 0 saturated carbocycles. The van der Waals surface area contributed by atoms with Gasteiger partial charge in [-0.2, -0.15) is 0 Å². The molecule has 1 aromatic heterocycles. The normalized spacial score (nSPS) is 13.1. The number of hydrogen-bond acceptors (Lipinski definition) is 1. The molecule has 3 rings (SSSR count). The van der Waals surface area contributed by atoms with Crippen molar-refractivity contribution in [2.45, 2.75) is 25.7 Å². The standard InChI is InChI=1S/C19H18N.2ClH.Cr/c1-2-6-16(7-3-1)14-18-10-9-17(15-18)11-12-19-8-4-5-13-20-19;;;/h1-8,10,13H,9,11-12,14H2;2*1H;/q;;;+2/p-2. The number of halogens is 2. The predicted molar refractivity (Wildman–Crippen MR) is 82.4 cm³/mol. The molecule has 0 N–H and O–H groups in total. The van der Waals surface area contributed by atoms with Gasteiger partial charge in [0.15, 0.2) is 0 Å². The van der Waals surface area contributed by atoms with E-state index in [4.69, 9.17) is 0 Å². The van der Waals surface area contributed by atoms with Crippen molar-refractivity contribution in [1.82, 2.24) is 4.98 Å². The number of aromatic nitrogens is 1. The van der Waals surface area contributed by atoms with Gasteiger partial charge in [0, 0.05) is 0 Å². The van der Waals surface area contributed by atoms with E-state index in [1.165, 1.54) is 26.8 Å². The van der Waals surface area contributed by atoms with Crippen LogP contribution in [0.3, 0.4) is 0 Å². The second kappa shape index (κ2) is 9.96. The summed E-state index contributed by atoms with van der Waals surface area (Å²) in [4.78, 5) is 4.40. The van der Waals surface area contributed by atoms with E-state index in [2.05, 4.69) is 69.8 Å². The Bertz CT molecular complexity index is 666. The summed E-state index contributed by atoms with van der Waals surface area (Å²) in [5.41, 5.74) is 5.51. The molecule has 2 aromatic rings. The van der Waals surface area contributed by atoms with Crippen LogP contribution >= 0.6 is 0 Å². The molecule has 0 bridgehead atoms. The minimum atomic E-state index is 0. The molecule has 0 radical (unpaired) electrons. The van der Waals surface area contributed by atoms with Crippen LogP contribution in [0.4, 0.5) is 0 Å². The van der Waals surface area contributed by atoms with Crippen LogP contribution in [0, 0.1) is 0 Å². The maximum atomic E-state index is 4.40. The Hall–Kier alpha value is -1.04. The molecule has 0 aliphatic heterocycles. The molecule has 1 aliphatic rings. The van der Waals surface area contributed by atoms with Crippen LogP contribution in [0.5, 0.6) is 0 Å². The van der Waals surface area contributed by atoms with Gasteiger partial charge in [0.25, 0.3) is 0 Å². The number of allylic oxidation sites excluding steroid dienone is 4. The van der Waals surface area contributed by atoms with E-state index in [1.807, 2.05) is 12.3 Å². The van der Waals surface area contributed by atoms with Gasteiger partial charge in [-0.25, -0.2) is 0 Å². The third kappa shape index (κ3) is 5.52. The zero-order valence-electron chi connectivity index (χ0n) is 12.7. The molecule has 1 heterocycles. The van der Waals surface area contributed by atoms with Gasteiger partial charge in [0.1, 0.15) is 0 Å². The minimum absolute atomic E-state index is 0. The van der Waals surface area contributed by atoms with Gasteiger partial charge in [-0.3, -0.25) is 0 Å². The molecule has 0 atom stereocenters. The quantitative estimate of drug-likeness (QED) is 0.606. The Kier molecular flexibility index (Phi) is 8.66. The third-order valence-corrected chi connectivity index (χ3v) is 4.71. The molecule has 1 aromatic carbocycles. The average molecular weight is 383 g/mol. The first-order valence-electron chi connectivity index (χ1n) is 7.35. The van der Waals surface area contributed by atoms with E-state index in [1.54, 1.807) is 0 Å². The number of hydrogen-bond donors (Lipinski definition) is 0. The summed E-state index contributed by atoms with van der Waals surface area (Å²) in [5.74, 6) is 0. The Morgan fingerprint density at radius 1 is 0.913 bits per heavy atom. The second-order valence-electron chi connectivity index (χ2n) is 5.35. The van der Waals surface area contributed by atoms with E-state index in [0.29, 0.717) is 0 Å². The fraction of sp³-hybridized carbons (Fsp3) is 0.211. The Balaban J connectivity index is 0.00000132. The van der Waals surface area contributed by atoms with Gasteiger partial charge in [0.05, 0.1) is 0 Å². The number of benzene rings is 1. The molecular formula is C19H18Cl2CrN. The molecule has 0 unspecified atom stereocenters. The molecule has 0 saturated heterocycles. The summed E-state index contributed by atoms with van der Waals surface area (Å²) in [6.45, 7) is 0. The first-order chi connectivity index (χ1) is 10.3. The van der Waals surface area contributed by atoms with E-state index in [0.717, 1.165) is 25.7 Å². The van der Waals surface area contributed by atoms with Crippen molar-refractivity contribution in [2.75, 3.05) is 0 Å². The molecule has 0 fully saturated rings. The first-order valence-corrected chi connectivity index (χ1v) is 7.99. The Labute approximate surface area is 159 Å². The molecule has 4 heteroatoms. The molecule has 119 valence electrons. The Morgan fingerprint density at radius 3 is 2.35 bits per heavy atom. The SMILES string of the molecule is [Cl-].[Cl-].[Cr+2][C]1=C(CCc2ccccn2)CC=C1Cc1ccccc1. The van der Waals surface area contributed by atoms with E-state index in [9.17, 15) is 0 Å². The Morgan fingerprint density at radius 2 is 1.65 bits per heavy atom. The van der Waals surface area contributed by atoms with Gasteiger partial charge in [-0.15, -0.1) is 0 Å². The van der Waals surface area contributed by atoms with Gasteiger partial charge in [-0.05, 0) is 0 Å². The average Bonchev–Trinajstić information content (AvgIpc) is 2.88. The maximum absolute atomic E-state index is 4.40. The predicted octanol–water partition coefficient (Wildman–Crippen LogP) is -1.60. The van der Waals surface area contributed by atoms with Gasteiger partial charge in [-0.1, -0.05) is 0 Å². The topological polar surface area (TPSA) is 12.9 Å². The van der Waals surface area contributed by atoms with Crippen molar-refractivity contribution in [1.29, 1.82) is 0 Å². The third-order valence-electron chi connectivity index (χ3n) is 3.85. The van der Waals surface area contributed by atoms with Crippen LogP contribution in [0.1, 0.15) is 24.1 Å². The summed E-state index contributed by atoms with van der Waals surface area (Å²) >= 11 is 3.29. The number of pyridine rings is 1. The summed E-state index contributed by atoms with van der Waals surface area (Å²) in [7, 11) is 0. The molecule has 1 aliphatic carbocycles. The summed E-state index contributed by atoms with van der Waals surface area (Å²) in [5, 5.41) is 0. The van der Waals surface area contributed by atoms with Crippen LogP contribution in [-0.2, 0) is 29.1 Å². The fourth-order valence-electron chi connectivity index (χ4n) is 2.67. The van der Waals surface area contributed by atoms with E-state index >= 15 is 0 Å². The van der Waals surface area contributed by atoms with Gasteiger partial charge in [0.2, 0.25) is 0 Å². The van der Waals surface area contributed by atoms with Gasteiger partial charge < -0.3 is 24.8 Å². The van der Waals surface area contributed by atoms with E-state index in [-0.39, 0.29) is 24.8 Å². The van der Waals surface area contributed by atoms with Crippen molar-refractivity contribution in [3.63, 3.8) is 0 Å². The summed E-state index contributed by atoms with van der Waals surface area (Å²) in [6, 6.07) is 16.8. The zero-order valence-corrected chi connectivity index (χ0v) is 15.5. The summed E-state index contributed by atoms with van der Waals surface area (Å²) in [6.07, 6.45) is 8.46. The van der Waals surface area contributed by atoms with Crippen LogP contribution in [-0.4, -0.2) is 4.98 Å². The molecule has 23 heavy (non-hydrogen) atoms. The van der Waals surface area contributed by atoms with Crippen LogP contribution in [0.2, 0.25) is 0 Å². The first kappa shape index (κ1) is 20.0. The fourth-order valence-corrected chi connectivity index (χ4v) is 3.20. The van der Waals surface area contributed by atoms with Crippen molar-refractivity contribution < 1.29 is 41.1 Å². The van der Waals surface area contributed by atoms with Crippen molar-refractivity contribution in [3.8, 4) is 0 Å². The molecule has 0 amide bonds. The van der Waals surface area contributed by atoms with Crippen LogP contribution in [0.15, 0.2) is 76.4 Å². The monoisotopic (exact) mass is 382 g/mol. The number of rotatable bonds is 5. The van der Waals surface area contributed by atoms with Crippen molar-refractivity contribution in [2.24, 2.45) is 0 Å². The van der Waals surface area contributed by atoms with Gasteiger partial charge >= 0.3 is 135 Å². The second-order valence-corrected chi connectivity index (χ2v) is 5.99.